The van der Waals surface area contributed by atoms with Crippen molar-refractivity contribution in [2.24, 2.45) is 0 Å². The molecule has 4 radical (unpaired) electrons. The molecule has 0 heterocycles. The van der Waals surface area contributed by atoms with E-state index < -0.39 is 58.6 Å². The normalized spacial score (nSPS) is 11.2. The van der Waals surface area contributed by atoms with Crippen LogP contribution >= 0.6 is 19.4 Å². The summed E-state index contributed by atoms with van der Waals surface area (Å²) < 4.78 is 12.0. The second kappa shape index (κ2) is 26.1. The molecule has 0 spiro atoms. The minimum absolute atomic E-state index is 0.226. The Morgan fingerprint density at radius 1 is 0.220 bits per heavy atom. The zero-order valence-corrected chi connectivity index (χ0v) is 44.0. The Hall–Kier alpha value is -3.32. The van der Waals surface area contributed by atoms with E-state index in [0.29, 0.717) is 0 Å². The van der Waals surface area contributed by atoms with Gasteiger partial charge in [-0.2, -0.15) is 0 Å². The van der Waals surface area contributed by atoms with Crippen LogP contribution in [0.15, 0.2) is 262 Å². The van der Waals surface area contributed by atoms with Crippen molar-refractivity contribution in [1.82, 2.24) is 0 Å². The Balaban J connectivity index is 0.000000186. The Labute approximate surface area is 385 Å². The molecular formula is C52H48As4Cl2Rh. The summed E-state index contributed by atoms with van der Waals surface area (Å²) in [5, 5.41) is 0. The third-order valence-electron chi connectivity index (χ3n) is 9.51. The van der Waals surface area contributed by atoms with E-state index in [-0.39, 0.29) is 15.1 Å². The Kier molecular flexibility index (Phi) is 20.0. The number of rotatable bonds is 12. The first kappa shape index (κ1) is 45.2. The van der Waals surface area contributed by atoms with Crippen molar-refractivity contribution >= 4 is 113 Å². The maximum absolute atomic E-state index is 4.83. The first-order valence-corrected chi connectivity index (χ1v) is 36.8. The van der Waals surface area contributed by atoms with Crippen LogP contribution in [0.4, 0.5) is 0 Å². The van der Waals surface area contributed by atoms with Gasteiger partial charge in [0.05, 0.1) is 0 Å². The summed E-state index contributed by atoms with van der Waals surface area (Å²) in [4.78, 5) is 10.4. The third kappa shape index (κ3) is 14.4. The van der Waals surface area contributed by atoms with E-state index in [1.807, 2.05) is 0 Å². The molecule has 0 bridgehead atoms. The summed E-state index contributed by atoms with van der Waals surface area (Å²) in [5.41, 5.74) is 0. The van der Waals surface area contributed by atoms with Gasteiger partial charge in [0.2, 0.25) is 0 Å². The third-order valence-corrected chi connectivity index (χ3v) is 32.7. The first-order chi connectivity index (χ1) is 29.2. The van der Waals surface area contributed by atoms with Gasteiger partial charge in [-0.15, -0.1) is 0 Å². The van der Waals surface area contributed by atoms with Gasteiger partial charge >= 0.3 is 390 Å². The molecule has 299 valence electrons. The second-order valence-electron chi connectivity index (χ2n) is 13.3. The summed E-state index contributed by atoms with van der Waals surface area (Å²) >= 11 is -7.13. The van der Waals surface area contributed by atoms with Crippen LogP contribution in [0, 0.1) is 0 Å². The van der Waals surface area contributed by atoms with Crippen molar-refractivity contribution in [1.29, 1.82) is 0 Å². The van der Waals surface area contributed by atoms with Crippen LogP contribution in [0.2, 0.25) is 0 Å². The fraction of sp³-hybridized carbons (Fsp3) is 0. The number of hydrogen-bond donors (Lipinski definition) is 0. The molecular weight excluding hydrogens is 1100 g/mol. The number of benzene rings is 8. The summed E-state index contributed by atoms with van der Waals surface area (Å²) in [6, 6.07) is 88.5. The summed E-state index contributed by atoms with van der Waals surface area (Å²) in [6.45, 7) is 0. The van der Waals surface area contributed by atoms with Crippen molar-refractivity contribution < 1.29 is 15.1 Å². The molecule has 8 aromatic carbocycles. The molecule has 0 amide bonds. The molecule has 7 heteroatoms. The standard InChI is InChI=1S/2C26H24As2.2ClH.Rh/c2*1-5-13-23(14-6-1)27(24-15-7-2-8-16-24)21-22-28(25-17-9-3-10-18-25)26-19-11-4-12-20-26;;;/h2*1-22,27-28H;2*1H;/q;;;;+2/p-2. The first-order valence-electron chi connectivity index (χ1n) is 19.4. The van der Waals surface area contributed by atoms with Crippen LogP contribution in [0.3, 0.4) is 0 Å². The molecule has 0 fully saturated rings. The molecule has 0 saturated heterocycles. The van der Waals surface area contributed by atoms with Crippen molar-refractivity contribution in [3.05, 3.63) is 262 Å². The fourth-order valence-corrected chi connectivity index (χ4v) is 30.7. The topological polar surface area (TPSA) is 0 Å². The van der Waals surface area contributed by atoms with Gasteiger partial charge in [0.15, 0.2) is 0 Å². The monoisotopic (exact) mass is 1140 g/mol. The summed E-state index contributed by atoms with van der Waals surface area (Å²) in [7, 11) is 9.67. The molecule has 59 heavy (non-hydrogen) atoms. The molecule has 8 rings (SSSR count). The zero-order chi connectivity index (χ0) is 40.7. The molecule has 0 unspecified atom stereocenters. The number of hydrogen-bond acceptors (Lipinski definition) is 0. The Bertz CT molecular complexity index is 1880. The van der Waals surface area contributed by atoms with Gasteiger partial charge in [-0.3, -0.25) is 0 Å². The van der Waals surface area contributed by atoms with E-state index >= 15 is 0 Å². The van der Waals surface area contributed by atoms with Crippen LogP contribution < -0.4 is 34.8 Å². The molecule has 0 aliphatic carbocycles. The van der Waals surface area contributed by atoms with Gasteiger partial charge in [-0.25, -0.2) is 0 Å². The van der Waals surface area contributed by atoms with E-state index in [1.54, 1.807) is 0 Å². The summed E-state index contributed by atoms with van der Waals surface area (Å²) in [5.74, 6) is 0. The van der Waals surface area contributed by atoms with E-state index in [1.165, 1.54) is 34.8 Å². The molecule has 0 aliphatic heterocycles. The minimum atomic E-state index is -1.73. The molecule has 0 aliphatic rings. The van der Waals surface area contributed by atoms with Crippen molar-refractivity contribution in [3.8, 4) is 0 Å². The molecule has 0 N–H and O–H groups in total. The van der Waals surface area contributed by atoms with Crippen LogP contribution in [0.1, 0.15) is 0 Å². The SMILES string of the molecule is C(=C[AsH](c1ccccc1)c1ccccc1)[AsH](c1ccccc1)c1ccccc1.C(=C[AsH](c1ccccc1)c1ccccc1)[AsH](c1ccccc1)c1ccccc1.[Cl][Rh][Cl]. The zero-order valence-electron chi connectivity index (χ0n) is 32.5. The van der Waals surface area contributed by atoms with Crippen molar-refractivity contribution in [2.45, 2.75) is 0 Å². The molecule has 0 nitrogen and oxygen atoms in total. The van der Waals surface area contributed by atoms with Crippen LogP contribution in [0.25, 0.3) is 0 Å². The predicted octanol–water partition coefficient (Wildman–Crippen LogP) is 6.78. The maximum atomic E-state index is 4.83. The van der Waals surface area contributed by atoms with E-state index in [2.05, 4.69) is 262 Å². The Morgan fingerprint density at radius 3 is 0.424 bits per heavy atom. The van der Waals surface area contributed by atoms with Crippen LogP contribution in [-0.4, -0.2) is 58.6 Å². The van der Waals surface area contributed by atoms with E-state index in [9.17, 15) is 0 Å². The van der Waals surface area contributed by atoms with E-state index in [0.717, 1.165) is 0 Å². The Morgan fingerprint density at radius 2 is 0.322 bits per heavy atom. The van der Waals surface area contributed by atoms with Gasteiger partial charge in [0, 0.05) is 0 Å². The molecule has 0 atom stereocenters. The molecule has 8 aromatic rings. The number of halogens is 2. The summed E-state index contributed by atoms with van der Waals surface area (Å²) in [6.07, 6.45) is 0. The van der Waals surface area contributed by atoms with Gasteiger partial charge < -0.3 is 0 Å². The van der Waals surface area contributed by atoms with Crippen LogP contribution in [0.5, 0.6) is 0 Å². The van der Waals surface area contributed by atoms with E-state index in [4.69, 9.17) is 19.4 Å². The fourth-order valence-electron chi connectivity index (χ4n) is 6.71. The van der Waals surface area contributed by atoms with Gasteiger partial charge in [-0.1, -0.05) is 0 Å². The quantitative estimate of drug-likeness (QED) is 0.119. The molecule has 0 saturated carbocycles. The molecule has 0 aromatic heterocycles. The van der Waals surface area contributed by atoms with Crippen molar-refractivity contribution in [2.75, 3.05) is 0 Å². The van der Waals surface area contributed by atoms with Crippen LogP contribution in [-0.2, 0) is 15.1 Å². The average molecular weight is 1150 g/mol. The van der Waals surface area contributed by atoms with Gasteiger partial charge in [0.1, 0.15) is 0 Å². The van der Waals surface area contributed by atoms with Gasteiger partial charge in [0.25, 0.3) is 0 Å². The predicted molar refractivity (Wildman–Crippen MR) is 267 cm³/mol. The average Bonchev–Trinajstić information content (AvgIpc) is 3.32. The second-order valence-corrected chi connectivity index (χ2v) is 35.2. The van der Waals surface area contributed by atoms with Gasteiger partial charge in [-0.05, 0) is 0 Å². The van der Waals surface area contributed by atoms with Crippen molar-refractivity contribution in [3.63, 3.8) is 0 Å².